The number of ether oxygens (including phenoxy) is 1. The fourth-order valence-electron chi connectivity index (χ4n) is 1.26. The van der Waals surface area contributed by atoms with Gasteiger partial charge in [-0.2, -0.15) is 0 Å². The number of hydrogen-bond acceptors (Lipinski definition) is 3. The van der Waals surface area contributed by atoms with E-state index in [-0.39, 0.29) is 29.9 Å². The van der Waals surface area contributed by atoms with Crippen molar-refractivity contribution in [1.82, 2.24) is 5.32 Å². The second-order valence-electron chi connectivity index (χ2n) is 3.71. The van der Waals surface area contributed by atoms with Crippen LogP contribution in [0.4, 0.5) is 4.39 Å². The number of unbranched alkanes of at least 4 members (excludes halogenated alkanes) is 1. The number of halogens is 3. The van der Waals surface area contributed by atoms with Gasteiger partial charge in [0.05, 0.1) is 5.02 Å². The van der Waals surface area contributed by atoms with Crippen molar-refractivity contribution in [3.63, 3.8) is 0 Å². The van der Waals surface area contributed by atoms with Crippen LogP contribution < -0.4 is 15.8 Å². The maximum atomic E-state index is 12.9. The van der Waals surface area contributed by atoms with Gasteiger partial charge in [-0.3, -0.25) is 4.79 Å². The average molecular weight is 311 g/mol. The first-order chi connectivity index (χ1) is 8.63. The third kappa shape index (κ3) is 7.20. The van der Waals surface area contributed by atoms with Gasteiger partial charge in [-0.05, 0) is 31.5 Å². The monoisotopic (exact) mass is 310 g/mol. The molecular weight excluding hydrogens is 294 g/mol. The van der Waals surface area contributed by atoms with Crippen LogP contribution in [0.25, 0.3) is 0 Å². The molecule has 1 rings (SSSR count). The van der Waals surface area contributed by atoms with Gasteiger partial charge < -0.3 is 15.8 Å². The molecule has 19 heavy (non-hydrogen) atoms. The number of carbonyl (C=O) groups excluding carboxylic acids is 1. The first kappa shape index (κ1) is 18.0. The minimum Gasteiger partial charge on any atom is -0.484 e. The Balaban J connectivity index is 0.00000324. The highest BCUT2D eigenvalue weighted by Gasteiger charge is 2.04. The van der Waals surface area contributed by atoms with E-state index in [1.165, 1.54) is 18.2 Å². The molecule has 0 heterocycles. The van der Waals surface area contributed by atoms with E-state index in [1.54, 1.807) is 0 Å². The van der Waals surface area contributed by atoms with E-state index in [9.17, 15) is 9.18 Å². The van der Waals surface area contributed by atoms with Crippen LogP contribution >= 0.6 is 24.0 Å². The Bertz CT molecular complexity index is 405. The number of amides is 1. The van der Waals surface area contributed by atoms with Crippen LogP contribution in [0.15, 0.2) is 18.2 Å². The lowest BCUT2D eigenvalue weighted by Gasteiger charge is -2.07. The van der Waals surface area contributed by atoms with Crippen LogP contribution in [0.1, 0.15) is 12.8 Å². The van der Waals surface area contributed by atoms with Crippen LogP contribution in [-0.2, 0) is 4.79 Å². The summed E-state index contributed by atoms with van der Waals surface area (Å²) in [5.41, 5.74) is 5.33. The molecule has 0 atom stereocenters. The third-order valence-corrected chi connectivity index (χ3v) is 2.50. The quantitative estimate of drug-likeness (QED) is 0.758. The summed E-state index contributed by atoms with van der Waals surface area (Å²) in [4.78, 5) is 11.4. The van der Waals surface area contributed by atoms with Crippen molar-refractivity contribution >= 4 is 29.9 Å². The molecule has 0 bridgehead atoms. The molecule has 0 aliphatic heterocycles. The molecule has 0 aliphatic rings. The summed E-state index contributed by atoms with van der Waals surface area (Å²) in [5, 5.41) is 2.66. The van der Waals surface area contributed by atoms with E-state index >= 15 is 0 Å². The van der Waals surface area contributed by atoms with Gasteiger partial charge in [0.1, 0.15) is 11.6 Å². The zero-order valence-electron chi connectivity index (χ0n) is 10.3. The first-order valence-electron chi connectivity index (χ1n) is 5.68. The Morgan fingerprint density at radius 3 is 2.79 bits per heavy atom. The third-order valence-electron chi connectivity index (χ3n) is 2.21. The number of hydrogen-bond donors (Lipinski definition) is 2. The van der Waals surface area contributed by atoms with E-state index in [4.69, 9.17) is 22.1 Å². The van der Waals surface area contributed by atoms with Crippen LogP contribution in [0.3, 0.4) is 0 Å². The van der Waals surface area contributed by atoms with Gasteiger partial charge in [0, 0.05) is 12.6 Å². The summed E-state index contributed by atoms with van der Waals surface area (Å²) in [6.07, 6.45) is 1.71. The van der Waals surface area contributed by atoms with Crippen molar-refractivity contribution in [2.45, 2.75) is 12.8 Å². The van der Waals surface area contributed by atoms with Crippen molar-refractivity contribution in [3.8, 4) is 5.75 Å². The molecule has 0 aromatic heterocycles. The van der Waals surface area contributed by atoms with Gasteiger partial charge in [0.25, 0.3) is 5.91 Å². The molecule has 1 aromatic carbocycles. The van der Waals surface area contributed by atoms with E-state index in [2.05, 4.69) is 5.32 Å². The highest BCUT2D eigenvalue weighted by atomic mass is 35.5. The van der Waals surface area contributed by atoms with Crippen molar-refractivity contribution in [1.29, 1.82) is 0 Å². The summed E-state index contributed by atoms with van der Waals surface area (Å²) in [5.74, 6) is -0.388. The Labute approximate surface area is 122 Å². The number of benzene rings is 1. The molecule has 0 radical (unpaired) electrons. The van der Waals surface area contributed by atoms with E-state index < -0.39 is 5.82 Å². The van der Waals surface area contributed by atoms with Crippen LogP contribution in [0.2, 0.25) is 5.02 Å². The lowest BCUT2D eigenvalue weighted by Crippen LogP contribution is -2.29. The molecule has 3 N–H and O–H groups in total. The molecule has 7 heteroatoms. The predicted octanol–water partition coefficient (Wildman–Crippen LogP) is 2.13. The summed E-state index contributed by atoms with van der Waals surface area (Å²) in [6.45, 7) is 1.06. The smallest absolute Gasteiger partial charge is 0.257 e. The molecule has 0 aliphatic carbocycles. The summed E-state index contributed by atoms with van der Waals surface area (Å²) < 4.78 is 18.0. The van der Waals surface area contributed by atoms with Gasteiger partial charge in [-0.15, -0.1) is 12.4 Å². The van der Waals surface area contributed by atoms with Gasteiger partial charge in [-0.1, -0.05) is 11.6 Å². The Morgan fingerprint density at radius 1 is 1.42 bits per heavy atom. The fraction of sp³-hybridized carbons (Fsp3) is 0.417. The van der Waals surface area contributed by atoms with Crippen molar-refractivity contribution < 1.29 is 13.9 Å². The van der Waals surface area contributed by atoms with Crippen molar-refractivity contribution in [3.05, 3.63) is 29.0 Å². The molecule has 0 fully saturated rings. The van der Waals surface area contributed by atoms with Gasteiger partial charge >= 0.3 is 0 Å². The second kappa shape index (κ2) is 9.83. The van der Waals surface area contributed by atoms with Crippen molar-refractivity contribution in [2.75, 3.05) is 19.7 Å². The zero-order valence-corrected chi connectivity index (χ0v) is 11.9. The normalized spacial score (nSPS) is 9.63. The standard InChI is InChI=1S/C12H16ClFN2O2.ClH/c13-10-7-9(3-4-11(10)14)18-8-12(17)16-6-2-1-5-15;/h3-4,7H,1-2,5-6,8,15H2,(H,16,17);1H. The van der Waals surface area contributed by atoms with Crippen molar-refractivity contribution in [2.24, 2.45) is 5.73 Å². The SMILES string of the molecule is Cl.NCCCCNC(=O)COc1ccc(F)c(Cl)c1. The van der Waals surface area contributed by atoms with E-state index in [0.717, 1.165) is 12.8 Å². The lowest BCUT2D eigenvalue weighted by atomic mass is 10.3. The number of rotatable bonds is 7. The molecule has 0 spiro atoms. The molecule has 0 saturated heterocycles. The molecular formula is C12H17Cl2FN2O2. The summed E-state index contributed by atoms with van der Waals surface area (Å²) >= 11 is 5.58. The number of nitrogens with one attached hydrogen (secondary N) is 1. The number of nitrogens with two attached hydrogens (primary N) is 1. The largest absolute Gasteiger partial charge is 0.484 e. The lowest BCUT2D eigenvalue weighted by molar-refractivity contribution is -0.123. The maximum absolute atomic E-state index is 12.9. The minimum absolute atomic E-state index is 0. The maximum Gasteiger partial charge on any atom is 0.257 e. The Kier molecular flexibility index (Phi) is 9.30. The predicted molar refractivity (Wildman–Crippen MR) is 75.5 cm³/mol. The molecule has 0 unspecified atom stereocenters. The fourth-order valence-corrected chi connectivity index (χ4v) is 1.43. The summed E-state index contributed by atoms with van der Waals surface area (Å²) in [6, 6.07) is 3.94. The highest BCUT2D eigenvalue weighted by Crippen LogP contribution is 2.20. The van der Waals surface area contributed by atoms with Gasteiger partial charge in [0.15, 0.2) is 6.61 Å². The Hall–Kier alpha value is -1.04. The van der Waals surface area contributed by atoms with Crippen LogP contribution in [-0.4, -0.2) is 25.6 Å². The van der Waals surface area contributed by atoms with Crippen LogP contribution in [0.5, 0.6) is 5.75 Å². The zero-order chi connectivity index (χ0) is 13.4. The molecule has 4 nitrogen and oxygen atoms in total. The molecule has 108 valence electrons. The highest BCUT2D eigenvalue weighted by molar-refractivity contribution is 6.30. The molecule has 1 amide bonds. The average Bonchev–Trinajstić information content (AvgIpc) is 2.36. The molecule has 0 saturated carbocycles. The topological polar surface area (TPSA) is 64.3 Å². The molecule has 1 aromatic rings. The van der Waals surface area contributed by atoms with Gasteiger partial charge in [-0.25, -0.2) is 4.39 Å². The summed E-state index contributed by atoms with van der Waals surface area (Å²) in [7, 11) is 0. The van der Waals surface area contributed by atoms with Gasteiger partial charge in [0.2, 0.25) is 0 Å². The first-order valence-corrected chi connectivity index (χ1v) is 6.06. The van der Waals surface area contributed by atoms with Crippen LogP contribution in [0, 0.1) is 5.82 Å². The Morgan fingerprint density at radius 2 is 2.16 bits per heavy atom. The van der Waals surface area contributed by atoms with E-state index in [1.807, 2.05) is 0 Å². The second-order valence-corrected chi connectivity index (χ2v) is 4.12. The number of carbonyl (C=O) groups is 1. The van der Waals surface area contributed by atoms with E-state index in [0.29, 0.717) is 18.8 Å². The minimum atomic E-state index is -0.518.